The van der Waals surface area contributed by atoms with Crippen LogP contribution in [0.2, 0.25) is 0 Å². The van der Waals surface area contributed by atoms with Crippen molar-refractivity contribution < 1.29 is 148 Å². The van der Waals surface area contributed by atoms with E-state index in [1.54, 1.807) is 65.8 Å². The Bertz CT molecular complexity index is 5490. The van der Waals surface area contributed by atoms with E-state index in [1.165, 1.54) is 95.0 Å². The molecule has 8 heterocycles. The molecule has 4 aromatic heterocycles. The quantitative estimate of drug-likeness (QED) is 0.0103. The average Bonchev–Trinajstić information content (AvgIpc) is 1.61. The Morgan fingerprint density at radius 2 is 0.850 bits per heavy atom. The van der Waals surface area contributed by atoms with Gasteiger partial charge in [-0.25, -0.2) is 32.6 Å². The van der Waals surface area contributed by atoms with E-state index in [0.717, 1.165) is 46.2 Å². The number of ether oxygens (including phenoxy) is 12. The van der Waals surface area contributed by atoms with E-state index in [4.69, 9.17) is 76.6 Å². The van der Waals surface area contributed by atoms with Crippen molar-refractivity contribution in [1.82, 2.24) is 38.2 Å². The molecule has 0 spiro atoms. The Kier molecular flexibility index (Phi) is 41.6. The number of rotatable bonds is 16. The number of aromatic amines is 4. The van der Waals surface area contributed by atoms with Gasteiger partial charge in [0.05, 0.1) is 60.8 Å². The number of aromatic nitrogens is 8. The van der Waals surface area contributed by atoms with Crippen molar-refractivity contribution >= 4 is 60.0 Å². The molecule has 11 unspecified atom stereocenters. The van der Waals surface area contributed by atoms with Crippen LogP contribution in [0.25, 0.3) is 0 Å². The number of hydrogen-bond acceptors (Lipinski definition) is 36. The third-order valence-corrected chi connectivity index (χ3v) is 26.0. The molecule has 3 saturated carbocycles. The lowest BCUT2D eigenvalue weighted by Crippen LogP contribution is -2.36. The second kappa shape index (κ2) is 49.1. The normalized spacial score (nSPS) is 29.6. The fraction of sp³-hybridized carbons (Fsp3) is 0.598. The Morgan fingerprint density at radius 3 is 1.16 bits per heavy atom. The van der Waals surface area contributed by atoms with Gasteiger partial charge in [0.25, 0.3) is 22.2 Å². The minimum atomic E-state index is -4.33. The predicted octanol–water partition coefficient (Wildman–Crippen LogP) is 4.93. The van der Waals surface area contributed by atoms with Crippen LogP contribution >= 0.6 is 30.2 Å². The first-order chi connectivity index (χ1) is 61.3. The number of nitrogens with one attached hydrogen (secondary N) is 4. The number of fused-ring (bicyclic) bond motifs is 4. The molecule has 11 N–H and O–H groups in total. The molecule has 51 heteroatoms. The minimum absolute atomic E-state index is 0. The zero-order valence-corrected chi connectivity index (χ0v) is 78.5. The topological polar surface area (TPSA) is 656 Å². The Balaban J connectivity index is 0.000000241. The van der Waals surface area contributed by atoms with Gasteiger partial charge in [-0.2, -0.15) is 5.26 Å². The van der Waals surface area contributed by atoms with Gasteiger partial charge in [0.1, 0.15) is 67.6 Å². The van der Waals surface area contributed by atoms with Crippen molar-refractivity contribution in [3.8, 4) is 0 Å². The van der Waals surface area contributed by atoms with Gasteiger partial charge in [0.15, 0.2) is 17.4 Å². The van der Waals surface area contributed by atoms with Crippen LogP contribution < -0.4 is 45.0 Å². The molecule has 47 nitrogen and oxygen atoms in total. The van der Waals surface area contributed by atoms with Crippen molar-refractivity contribution in [3.63, 3.8) is 0 Å². The number of carbonyl (C=O) groups excluding carboxylic acids is 5. The van der Waals surface area contributed by atoms with Gasteiger partial charge < -0.3 is 91.7 Å². The van der Waals surface area contributed by atoms with Crippen LogP contribution in [0.5, 0.6) is 0 Å². The number of esters is 4. The number of hydrogen-bond donors (Lipinski definition) is 11. The molecular formula is C82H120N8O39P4. The molecule has 0 amide bonds. The monoisotopic (exact) mass is 1960 g/mol. The van der Waals surface area contributed by atoms with E-state index < -0.39 is 202 Å². The molecule has 4 saturated heterocycles. The highest BCUT2D eigenvalue weighted by molar-refractivity contribution is 7.73. The van der Waals surface area contributed by atoms with Crippen LogP contribution in [0, 0.1) is 5.92 Å². The Labute approximate surface area is 761 Å². The van der Waals surface area contributed by atoms with Crippen molar-refractivity contribution in [2.45, 2.75) is 275 Å². The molecule has 12 aliphatic rings. The van der Waals surface area contributed by atoms with E-state index in [2.05, 4.69) is 83.3 Å². The van der Waals surface area contributed by atoms with Crippen molar-refractivity contribution in [2.75, 3.05) is 32.7 Å². The van der Waals surface area contributed by atoms with E-state index in [1.807, 2.05) is 6.08 Å². The summed E-state index contributed by atoms with van der Waals surface area (Å²) in [6.07, 6.45) is 27.7. The molecule has 4 aromatic rings. The van der Waals surface area contributed by atoms with Crippen LogP contribution in [0.4, 0.5) is 0 Å². The standard InChI is InChI=1S/C16H27N2O11P3.C13H19N2O8P.C12H16N2O5.C9H10N2O3.C8H12O2.C7H10O3.C5H6O.C5H6.C4H6O3.C2H4O3.CH4/c1-16(2)26-13-10(18-7-6-12(19)17-15(18)20)8-11(14(13)27-16)25-9-30(3,21)28-32(5,24)29-31(4,22)23;1-13(2)22-10-7(15-4-3-9(16)14-12(15)17)5-8(11(10)23-13)21-6-24(18,19)20;1-12(2)18-9-6(5-7(15)10(9)19-12)14-4-3-8(16)13-11(14)17;12-7-2-1-6(5-7)11-4-3-8(13)10-9(11)14;1-6-3-4-8(5-6)10-7(2)9;1-5(8)10-7-3-2-6(9)4-7;1-2-4-5(3-1)6-4;1-2-4-5-3-1;1-3(5)7-4(2)6;1-2(3)5-4;/h6-7,10-11,13-14H,8-9H2,1-5H3,(H,22,23)(H,17,19,20);3-4,7-8,10-11H,5-6H2,1-2H3,(H,14,16,17)(H2,18,19,20);3-4,6-7,9-10,15H,5H2,1-2H3,(H,13,16,17);1-4,6-7,12H,5H2,(H,10,13,14);3-4,6,8H,5H2,1-2H3;2-3,6-7,9H,4H2,1H3;1-2,4-5H,3H2;1-4H,5H2;1-2H3;4H,1H3;1H4/t10-,11+,13?,14?,30?,32?;7-,8+,10?,11?;6-,7+,9?,10?;6-,7+;6-,8+;6-,7+;;;;;/m111011...../s1. The number of nitrogens with zero attached hydrogens (tertiary/aromatic N) is 4. The first-order valence-corrected chi connectivity index (χ1v) is 49.4. The van der Waals surface area contributed by atoms with Gasteiger partial charge in [-0.05, 0) is 98.1 Å². The van der Waals surface area contributed by atoms with Crippen LogP contribution in [0.15, 0.2) is 160 Å². The first kappa shape index (κ1) is 113. The maximum absolute atomic E-state index is 12.8. The highest BCUT2D eigenvalue weighted by Crippen LogP contribution is 2.67. The third kappa shape index (κ3) is 37.5. The summed E-state index contributed by atoms with van der Waals surface area (Å²) in [5, 5.41) is 35.5. The molecule has 742 valence electrons. The number of aliphatic hydroxyl groups is 3. The second-order valence-corrected chi connectivity index (χ2v) is 41.6. The second-order valence-electron chi connectivity index (χ2n) is 33.2. The summed E-state index contributed by atoms with van der Waals surface area (Å²) in [7, 11) is -16.3. The lowest BCUT2D eigenvalue weighted by atomic mass is 10.1. The van der Waals surface area contributed by atoms with E-state index >= 15 is 0 Å². The van der Waals surface area contributed by atoms with E-state index in [-0.39, 0.29) is 56.5 Å². The Hall–Kier alpha value is -9.09. The molecule has 0 aromatic carbocycles. The summed E-state index contributed by atoms with van der Waals surface area (Å²) in [5.74, 6) is -4.41. The zero-order chi connectivity index (χ0) is 98.5. The van der Waals surface area contributed by atoms with Gasteiger partial charge in [-0.15, -0.1) is 0 Å². The SMILES string of the molecule is C.C1=CC2OC2C1.C1=CCC=C1.CC(=O)OC(C)=O.CC(=O)OO.CC(=O)O[C@H]1C=C[C@@H](C)C1.CC(=O)O[C@H]1C=C[C@@H](O)C1.CC1(C)OC2C(O1)[C@@H](O)C[C@H]2n1ccc(=O)[nH]c1=O.CC1(C)OC2C(O1)[C@H](n1ccc(=O)[nH]c1=O)C[C@@H]2OCP(=O)(O)O.CC1(C)OC2C(O1)[C@H](n1ccc(=O)[nH]c1=O)C[C@@H]2OCP(C)(=O)OP(C)(=O)OP(C)(=O)O.O=c1ccn([C@H]2C=C[C@@H](O)C2)c(=O)[nH]1. The van der Waals surface area contributed by atoms with Gasteiger partial charge in [0, 0.05) is 117 Å². The molecule has 8 aliphatic carbocycles. The molecule has 16 rings (SSSR count). The lowest BCUT2D eigenvalue weighted by molar-refractivity contribution is -0.231. The molecule has 133 heavy (non-hydrogen) atoms. The molecule has 7 fully saturated rings. The van der Waals surface area contributed by atoms with Gasteiger partial charge in [-0.3, -0.25) is 94.8 Å². The summed E-state index contributed by atoms with van der Waals surface area (Å²) < 4.78 is 127. The van der Waals surface area contributed by atoms with Crippen LogP contribution in [-0.4, -0.2) is 245 Å². The smallest absolute Gasteiger partial charge is 0.350 e. The predicted molar refractivity (Wildman–Crippen MR) is 472 cm³/mol. The number of aliphatic hydroxyl groups excluding tert-OH is 3. The first-order valence-electron chi connectivity index (χ1n) is 41.4. The lowest BCUT2D eigenvalue weighted by Gasteiger charge is -2.25. The Morgan fingerprint density at radius 1 is 0.466 bits per heavy atom. The number of carbonyl (C=O) groups is 5. The fourth-order valence-electron chi connectivity index (χ4n) is 15.1. The largest absolute Gasteiger partial charge is 0.458 e. The van der Waals surface area contributed by atoms with Gasteiger partial charge in [0.2, 0.25) is 7.37 Å². The van der Waals surface area contributed by atoms with Gasteiger partial charge >= 0.3 is 75.4 Å². The minimum Gasteiger partial charge on any atom is -0.458 e. The van der Waals surface area contributed by atoms with Crippen molar-refractivity contribution in [1.29, 1.82) is 0 Å². The molecular weight excluding hydrogens is 1840 g/mol. The van der Waals surface area contributed by atoms with Crippen molar-refractivity contribution in [3.05, 3.63) is 205 Å². The number of epoxide rings is 1. The zero-order valence-electron chi connectivity index (χ0n) is 74.9. The molecule has 0 radical (unpaired) electrons. The highest BCUT2D eigenvalue weighted by Gasteiger charge is 2.58. The van der Waals surface area contributed by atoms with E-state index in [9.17, 15) is 95.7 Å². The van der Waals surface area contributed by atoms with Crippen LogP contribution in [-0.2, 0) is 113 Å². The third-order valence-electron chi connectivity index (χ3n) is 19.9. The number of allylic oxidation sites excluding steroid dienone is 6. The number of H-pyrrole nitrogens is 4. The van der Waals surface area contributed by atoms with Crippen molar-refractivity contribution in [2.24, 2.45) is 5.92 Å². The summed E-state index contributed by atoms with van der Waals surface area (Å²) in [5.41, 5.74) is -4.04. The molecule has 0 bridgehead atoms. The summed E-state index contributed by atoms with van der Waals surface area (Å²) in [6, 6.07) is 3.49. The maximum Gasteiger partial charge on any atom is 0.350 e. The summed E-state index contributed by atoms with van der Waals surface area (Å²) in [6.45, 7) is 21.7. The van der Waals surface area contributed by atoms with Gasteiger partial charge in [-0.1, -0.05) is 75.1 Å². The fourth-order valence-corrected chi connectivity index (χ4v) is 21.2. The van der Waals surface area contributed by atoms with Crippen LogP contribution in [0.3, 0.4) is 0 Å². The molecule has 23 atom stereocenters. The summed E-state index contributed by atoms with van der Waals surface area (Å²) in [4.78, 5) is 181. The molecule has 4 aliphatic heterocycles. The highest BCUT2D eigenvalue weighted by atomic mass is 31.3. The summed E-state index contributed by atoms with van der Waals surface area (Å²) >= 11 is 0. The maximum atomic E-state index is 12.8. The van der Waals surface area contributed by atoms with E-state index in [0.29, 0.717) is 37.4 Å². The average molecular weight is 1970 g/mol. The van der Waals surface area contributed by atoms with Crippen LogP contribution in [0.1, 0.15) is 166 Å².